The molecule has 9 amide bonds. The molecule has 20 nitrogen and oxygen atoms in total. The number of amides is 9. The molecule has 2 saturated heterocycles. The summed E-state index contributed by atoms with van der Waals surface area (Å²) in [4.78, 5) is 129. The van der Waals surface area contributed by atoms with Gasteiger partial charge < -0.3 is 57.2 Å². The quantitative estimate of drug-likeness (QED) is 0.144. The first-order valence-corrected chi connectivity index (χ1v) is 26.9. The minimum atomic E-state index is -1.69. The fourth-order valence-electron chi connectivity index (χ4n) is 9.83. The predicted octanol–water partition coefficient (Wildman–Crippen LogP) is 2.48. The summed E-state index contributed by atoms with van der Waals surface area (Å²) >= 11 is 1.01. The van der Waals surface area contributed by atoms with Crippen molar-refractivity contribution in [3.05, 3.63) is 0 Å². The van der Waals surface area contributed by atoms with Crippen molar-refractivity contribution in [3.63, 3.8) is 0 Å². The number of carbonyl (C=O) groups excluding carboxylic acids is 9. The third kappa shape index (κ3) is 18.0. The largest absolute Gasteiger partial charge is 0.391 e. The topological polar surface area (TPSA) is 285 Å². The van der Waals surface area contributed by atoms with Crippen molar-refractivity contribution in [1.82, 2.24) is 47.0 Å². The number of aliphatic hydroxyl groups is 2. The highest BCUT2D eigenvalue weighted by Crippen LogP contribution is 2.29. The van der Waals surface area contributed by atoms with Gasteiger partial charge in [0.05, 0.1) is 18.0 Å². The van der Waals surface area contributed by atoms with Crippen molar-refractivity contribution in [1.29, 1.82) is 0 Å². The van der Waals surface area contributed by atoms with Crippen LogP contribution < -0.4 is 37.2 Å². The molecule has 410 valence electrons. The van der Waals surface area contributed by atoms with E-state index in [2.05, 4.69) is 37.2 Å². The van der Waals surface area contributed by atoms with Crippen LogP contribution >= 0.6 is 11.8 Å². The van der Waals surface area contributed by atoms with Gasteiger partial charge in [-0.25, -0.2) is 0 Å². The second-order valence-corrected chi connectivity index (χ2v) is 21.7. The van der Waals surface area contributed by atoms with E-state index in [1.165, 1.54) is 39.6 Å². The molecule has 0 radical (unpaired) electrons. The van der Waals surface area contributed by atoms with Crippen LogP contribution in [0.2, 0.25) is 0 Å². The maximum atomic E-state index is 14.3. The van der Waals surface area contributed by atoms with Crippen molar-refractivity contribution in [2.75, 3.05) is 31.6 Å². The Labute approximate surface area is 428 Å². The monoisotopic (exact) mass is 1020 g/mol. The second kappa shape index (κ2) is 28.5. The number of aliphatic hydroxyl groups excluding tert-OH is 2. The number of likely N-dealkylation sites (tertiary alicyclic amines) is 1. The molecular formula is C49H97N9O11S. The molecule has 21 heteroatoms. The summed E-state index contributed by atoms with van der Waals surface area (Å²) in [5.74, 6) is -6.48. The molecule has 9 N–H and O–H groups in total. The van der Waals surface area contributed by atoms with E-state index in [4.69, 9.17) is 0 Å². The van der Waals surface area contributed by atoms with Gasteiger partial charge in [0, 0.05) is 35.9 Å². The van der Waals surface area contributed by atoms with Crippen LogP contribution in [0.1, 0.15) is 154 Å². The first-order chi connectivity index (χ1) is 33.2. The number of nitrogens with one attached hydrogen (secondary N) is 7. The fraction of sp³-hybridized carbons (Fsp3) is 0.816. The molecule has 0 aromatic heterocycles. The van der Waals surface area contributed by atoms with Crippen molar-refractivity contribution < 1.29 is 63.4 Å². The summed E-state index contributed by atoms with van der Waals surface area (Å²) in [5.41, 5.74) is 0. The molecular weight excluding hydrogens is 923 g/mol. The molecule has 0 aromatic rings. The maximum absolute atomic E-state index is 14.3. The number of rotatable bonds is 11. The molecule has 4 rings (SSSR count). The summed E-state index contributed by atoms with van der Waals surface area (Å²) in [6.45, 7) is 10.2. The Kier molecular flexibility index (Phi) is 23.7. The van der Waals surface area contributed by atoms with E-state index in [1.807, 2.05) is 13.8 Å². The van der Waals surface area contributed by atoms with E-state index in [9.17, 15) is 53.4 Å². The average molecular weight is 1020 g/mol. The van der Waals surface area contributed by atoms with Crippen molar-refractivity contribution in [2.45, 2.75) is 205 Å². The lowest BCUT2D eigenvalue weighted by atomic mass is 9.84. The van der Waals surface area contributed by atoms with Crippen LogP contribution in [0.5, 0.6) is 0 Å². The molecule has 2 saturated carbocycles. The van der Waals surface area contributed by atoms with Crippen LogP contribution in [0.3, 0.4) is 0 Å². The van der Waals surface area contributed by atoms with Gasteiger partial charge in [-0.1, -0.05) is 78.1 Å². The molecule has 0 unspecified atom stereocenters. The molecule has 0 aromatic carbocycles. The summed E-state index contributed by atoms with van der Waals surface area (Å²) in [6.07, 6.45) is 10.00. The van der Waals surface area contributed by atoms with Gasteiger partial charge in [-0.15, -0.1) is 11.8 Å². The highest BCUT2D eigenvalue weighted by atomic mass is 32.2. The molecule has 2 aliphatic carbocycles. The summed E-state index contributed by atoms with van der Waals surface area (Å²) in [7, 11) is 1.42. The number of thioether (sulfide) groups is 1. The molecule has 70 heavy (non-hydrogen) atoms. The maximum Gasteiger partial charge on any atom is 0.245 e. The number of nitrogens with zero attached hydrogens (tertiary/aromatic N) is 2. The third-order valence-electron chi connectivity index (χ3n) is 14.2. The Morgan fingerprint density at radius 3 is 1.77 bits per heavy atom. The third-order valence-corrected chi connectivity index (χ3v) is 15.2. The van der Waals surface area contributed by atoms with Crippen LogP contribution in [-0.2, 0) is 43.2 Å². The second-order valence-electron chi connectivity index (χ2n) is 20.6. The lowest BCUT2D eigenvalue weighted by Gasteiger charge is -2.34. The van der Waals surface area contributed by atoms with Gasteiger partial charge >= 0.3 is 0 Å². The lowest BCUT2D eigenvalue weighted by Crippen LogP contribution is -2.63. The molecule has 4 aliphatic rings. The SMILES string of the molecule is CC(C)C[C@@H]1NC(=O)CSC[C@@H](C(=O)N[C@@H](CC2CCCCC2)C(=O)N2CCCCC2)NC(=O)[C@H](C)NC(=O)[C@H]([C@@H](C)O)NC(=O)[C@H]([C@@H](C)O)NC(=O)[C@H](CC2CCCCC2)NC(=O)[C@H](C)N(C)C1=O.[HH].[HH].[HH].[HH].[HH].[HH].[HH]. The average Bonchev–Trinajstić information content (AvgIpc) is 3.32. The van der Waals surface area contributed by atoms with Gasteiger partial charge in [0.15, 0.2) is 0 Å². The summed E-state index contributed by atoms with van der Waals surface area (Å²) in [5, 5.41) is 40.1. The fourth-order valence-corrected chi connectivity index (χ4v) is 10.7. The van der Waals surface area contributed by atoms with Gasteiger partial charge in [-0.3, -0.25) is 43.2 Å². The van der Waals surface area contributed by atoms with E-state index in [0.717, 1.165) is 95.2 Å². The Hall–Kier alpha value is -4.50. The van der Waals surface area contributed by atoms with E-state index >= 15 is 0 Å². The number of hydrogen-bond donors (Lipinski definition) is 9. The predicted molar refractivity (Wildman–Crippen MR) is 279 cm³/mol. The lowest BCUT2D eigenvalue weighted by molar-refractivity contribution is -0.142. The first-order valence-electron chi connectivity index (χ1n) is 25.8. The number of hydrogen-bond acceptors (Lipinski definition) is 12. The molecule has 10 atom stereocenters. The minimum Gasteiger partial charge on any atom is -0.391 e. The Bertz CT molecular complexity index is 1840. The van der Waals surface area contributed by atoms with Crippen molar-refractivity contribution >= 4 is 64.9 Å². The molecule has 0 spiro atoms. The number of likely N-dealkylation sites (N-methyl/N-ethyl adjacent to an activating group) is 1. The highest BCUT2D eigenvalue weighted by molar-refractivity contribution is 8.00. The minimum absolute atomic E-state index is 0. The highest BCUT2D eigenvalue weighted by Gasteiger charge is 2.39. The zero-order valence-corrected chi connectivity index (χ0v) is 43.3. The smallest absolute Gasteiger partial charge is 0.245 e. The summed E-state index contributed by atoms with van der Waals surface area (Å²) in [6, 6.07) is -10.3. The van der Waals surface area contributed by atoms with E-state index in [0.29, 0.717) is 19.5 Å². The van der Waals surface area contributed by atoms with Gasteiger partial charge in [0.2, 0.25) is 53.2 Å². The summed E-state index contributed by atoms with van der Waals surface area (Å²) < 4.78 is 0. The van der Waals surface area contributed by atoms with Crippen LogP contribution in [-0.4, -0.2) is 165 Å². The van der Waals surface area contributed by atoms with Crippen LogP contribution in [0.15, 0.2) is 0 Å². The molecule has 2 aliphatic heterocycles. The van der Waals surface area contributed by atoms with Gasteiger partial charge in [0.25, 0.3) is 0 Å². The van der Waals surface area contributed by atoms with Gasteiger partial charge in [-0.05, 0) is 84.0 Å². The van der Waals surface area contributed by atoms with E-state index < -0.39 is 108 Å². The van der Waals surface area contributed by atoms with Crippen LogP contribution in [0.4, 0.5) is 0 Å². The van der Waals surface area contributed by atoms with Crippen molar-refractivity contribution in [2.24, 2.45) is 17.8 Å². The Balaban J connectivity index is -0.00000381. The van der Waals surface area contributed by atoms with Gasteiger partial charge in [-0.2, -0.15) is 0 Å². The molecule has 0 bridgehead atoms. The molecule has 2 heterocycles. The number of piperidine rings is 1. The van der Waals surface area contributed by atoms with E-state index in [-0.39, 0.29) is 58.0 Å². The molecule has 4 fully saturated rings. The zero-order valence-electron chi connectivity index (χ0n) is 42.5. The van der Waals surface area contributed by atoms with Gasteiger partial charge in [0.1, 0.15) is 48.3 Å². The zero-order chi connectivity index (χ0) is 51.7. The number of carbonyl (C=O) groups is 9. The van der Waals surface area contributed by atoms with Crippen LogP contribution in [0.25, 0.3) is 0 Å². The normalized spacial score (nSPS) is 29.0. The standard InChI is InChI=1S/C49H83N9O11S.7H2/c1-28(2)23-36-48(68)57(7)30(4)43(63)52-35(24-33-17-11-8-12-18-33)44(64)55-41(32(6)60)47(67)56-40(31(5)59)46(66)50-29(3)42(62)54-38(26-70-27-39(61)51-36)45(65)53-37(25-34-19-13-9-14-20-34)49(69)58-21-15-10-16-22-58;;;;;;;/h28-38,40-41,59-60H,8-27H2,1-7H3,(H,50,66)(H,51,61)(H,52,63)(H,53,65)(H,54,62)(H,55,64)(H,56,67);7*1H/t29-,30-,31+,32+,35-,36-,37-,38-,40-,41-;;;;;;;/m0......./s1. The van der Waals surface area contributed by atoms with E-state index in [1.54, 1.807) is 4.90 Å². The Morgan fingerprint density at radius 2 is 1.20 bits per heavy atom. The Morgan fingerprint density at radius 1 is 0.657 bits per heavy atom. The van der Waals surface area contributed by atoms with Crippen LogP contribution in [0, 0.1) is 17.8 Å². The van der Waals surface area contributed by atoms with Crippen molar-refractivity contribution in [3.8, 4) is 0 Å². The first kappa shape index (κ1) is 58.1.